The number of hydrogen-bond acceptors (Lipinski definition) is 1. The molecule has 3 nitrogen and oxygen atoms in total. The standard InChI is InChI=1S/C19H14Cl2F3N3S/c20-10-7-11(21)9-12(8-10)25-18(28)27-6-5-14-13-3-1-2-4-15(13)26-16(14)17(27)19(22,23)24/h1-4,7-9,17,26H,5-6H2,(H,25,28)/t17-/m0/s1. The SMILES string of the molecule is FC(F)(F)[C@@H]1c2[nH]c3ccccc3c2CCN1C(=S)Nc1cc(Cl)cc(Cl)c1. The summed E-state index contributed by atoms with van der Waals surface area (Å²) in [6, 6.07) is 10.0. The summed E-state index contributed by atoms with van der Waals surface area (Å²) in [5, 5.41) is 4.33. The summed E-state index contributed by atoms with van der Waals surface area (Å²) in [6.45, 7) is 0.138. The maximum absolute atomic E-state index is 14.0. The predicted molar refractivity (Wildman–Crippen MR) is 110 cm³/mol. The summed E-state index contributed by atoms with van der Waals surface area (Å²) in [4.78, 5) is 4.10. The van der Waals surface area contributed by atoms with Gasteiger partial charge in [0, 0.05) is 33.2 Å². The van der Waals surface area contributed by atoms with E-state index in [4.69, 9.17) is 35.4 Å². The van der Waals surface area contributed by atoms with Crippen LogP contribution in [0.3, 0.4) is 0 Å². The molecule has 2 aromatic carbocycles. The first-order valence-corrected chi connectivity index (χ1v) is 9.60. The molecule has 3 aromatic rings. The van der Waals surface area contributed by atoms with Crippen LogP contribution in [0.1, 0.15) is 17.3 Å². The molecule has 28 heavy (non-hydrogen) atoms. The first kappa shape index (κ1) is 19.4. The van der Waals surface area contributed by atoms with Crippen molar-refractivity contribution in [2.45, 2.75) is 18.6 Å². The highest BCUT2D eigenvalue weighted by atomic mass is 35.5. The number of hydrogen-bond donors (Lipinski definition) is 2. The minimum absolute atomic E-state index is 0.0371. The summed E-state index contributed by atoms with van der Waals surface area (Å²) < 4.78 is 42.1. The van der Waals surface area contributed by atoms with Gasteiger partial charge in [-0.3, -0.25) is 0 Å². The van der Waals surface area contributed by atoms with Crippen LogP contribution in [0, 0.1) is 0 Å². The average Bonchev–Trinajstić information content (AvgIpc) is 2.97. The highest BCUT2D eigenvalue weighted by Crippen LogP contribution is 2.44. The van der Waals surface area contributed by atoms with E-state index in [9.17, 15) is 13.2 Å². The van der Waals surface area contributed by atoms with Gasteiger partial charge in [0.25, 0.3) is 0 Å². The molecule has 0 spiro atoms. The summed E-state index contributed by atoms with van der Waals surface area (Å²) in [5.74, 6) is 0. The van der Waals surface area contributed by atoms with Crippen LogP contribution in [0.5, 0.6) is 0 Å². The molecule has 1 aliphatic rings. The van der Waals surface area contributed by atoms with E-state index >= 15 is 0 Å². The van der Waals surface area contributed by atoms with Crippen molar-refractivity contribution in [3.05, 3.63) is 63.8 Å². The van der Waals surface area contributed by atoms with Gasteiger partial charge >= 0.3 is 6.18 Å². The largest absolute Gasteiger partial charge is 0.414 e. The Bertz CT molecular complexity index is 1040. The molecule has 0 radical (unpaired) electrons. The van der Waals surface area contributed by atoms with Crippen LogP contribution in [0.2, 0.25) is 10.0 Å². The van der Waals surface area contributed by atoms with Crippen LogP contribution in [-0.4, -0.2) is 27.7 Å². The van der Waals surface area contributed by atoms with Crippen LogP contribution in [0.15, 0.2) is 42.5 Å². The van der Waals surface area contributed by atoms with Gasteiger partial charge in [-0.1, -0.05) is 41.4 Å². The van der Waals surface area contributed by atoms with Gasteiger partial charge in [-0.05, 0) is 48.5 Å². The van der Waals surface area contributed by atoms with E-state index in [1.807, 2.05) is 12.1 Å². The number of halogens is 5. The fourth-order valence-corrected chi connectivity index (χ4v) is 4.46. The molecule has 146 valence electrons. The first-order valence-electron chi connectivity index (χ1n) is 8.44. The molecule has 1 atom stereocenters. The van der Waals surface area contributed by atoms with Crippen molar-refractivity contribution in [2.75, 3.05) is 11.9 Å². The molecule has 0 aliphatic carbocycles. The zero-order valence-electron chi connectivity index (χ0n) is 14.3. The van der Waals surface area contributed by atoms with Crippen molar-refractivity contribution in [1.29, 1.82) is 0 Å². The Morgan fingerprint density at radius 2 is 1.82 bits per heavy atom. The van der Waals surface area contributed by atoms with Crippen molar-refractivity contribution in [2.24, 2.45) is 0 Å². The number of para-hydroxylation sites is 1. The summed E-state index contributed by atoms with van der Waals surface area (Å²) in [6.07, 6.45) is -4.06. The highest BCUT2D eigenvalue weighted by molar-refractivity contribution is 7.80. The van der Waals surface area contributed by atoms with Crippen LogP contribution < -0.4 is 5.32 Å². The lowest BCUT2D eigenvalue weighted by Gasteiger charge is -2.38. The zero-order chi connectivity index (χ0) is 20.1. The molecular formula is C19H14Cl2F3N3S. The van der Waals surface area contributed by atoms with Crippen LogP contribution in [-0.2, 0) is 6.42 Å². The molecule has 0 saturated heterocycles. The van der Waals surface area contributed by atoms with Gasteiger partial charge in [-0.2, -0.15) is 13.2 Å². The minimum atomic E-state index is -4.51. The molecule has 0 fully saturated rings. The van der Waals surface area contributed by atoms with E-state index in [1.165, 1.54) is 6.07 Å². The molecular weight excluding hydrogens is 430 g/mol. The predicted octanol–water partition coefficient (Wildman–Crippen LogP) is 6.33. The maximum atomic E-state index is 14.0. The number of thiocarbonyl (C=S) groups is 1. The third-order valence-corrected chi connectivity index (χ3v) is 5.49. The number of H-pyrrole nitrogens is 1. The van der Waals surface area contributed by atoms with Crippen molar-refractivity contribution < 1.29 is 13.2 Å². The second-order valence-electron chi connectivity index (χ2n) is 6.54. The molecule has 2 N–H and O–H groups in total. The van der Waals surface area contributed by atoms with E-state index in [-0.39, 0.29) is 17.4 Å². The average molecular weight is 444 g/mol. The Morgan fingerprint density at radius 1 is 1.14 bits per heavy atom. The quantitative estimate of drug-likeness (QED) is 0.430. The highest BCUT2D eigenvalue weighted by Gasteiger charge is 2.49. The first-order chi connectivity index (χ1) is 13.2. The van der Waals surface area contributed by atoms with E-state index < -0.39 is 12.2 Å². The number of anilines is 1. The number of nitrogens with one attached hydrogen (secondary N) is 2. The number of nitrogens with zero attached hydrogens (tertiary/aromatic N) is 1. The summed E-state index contributed by atoms with van der Waals surface area (Å²) in [7, 11) is 0. The van der Waals surface area contributed by atoms with E-state index in [0.717, 1.165) is 10.3 Å². The smallest absolute Gasteiger partial charge is 0.356 e. The molecule has 0 saturated carbocycles. The molecule has 0 bridgehead atoms. The topological polar surface area (TPSA) is 31.1 Å². The minimum Gasteiger partial charge on any atom is -0.356 e. The lowest BCUT2D eigenvalue weighted by atomic mass is 9.97. The van der Waals surface area contributed by atoms with Gasteiger partial charge in [0.05, 0.1) is 5.69 Å². The lowest BCUT2D eigenvalue weighted by Crippen LogP contribution is -2.48. The van der Waals surface area contributed by atoms with E-state index in [0.29, 0.717) is 33.2 Å². The third kappa shape index (κ3) is 3.54. The van der Waals surface area contributed by atoms with Crippen molar-refractivity contribution in [3.8, 4) is 0 Å². The number of alkyl halides is 3. The Labute approximate surface area is 174 Å². The Kier molecular flexibility index (Phi) is 4.93. The van der Waals surface area contributed by atoms with E-state index in [1.54, 1.807) is 24.3 Å². The number of benzene rings is 2. The van der Waals surface area contributed by atoms with Gasteiger partial charge in [0.2, 0.25) is 0 Å². The van der Waals surface area contributed by atoms with Crippen LogP contribution in [0.25, 0.3) is 10.9 Å². The van der Waals surface area contributed by atoms with E-state index in [2.05, 4.69) is 10.3 Å². The van der Waals surface area contributed by atoms with Crippen molar-refractivity contribution in [1.82, 2.24) is 9.88 Å². The Balaban J connectivity index is 1.71. The molecule has 9 heteroatoms. The van der Waals surface area contributed by atoms with Gasteiger partial charge in [0.1, 0.15) is 0 Å². The fourth-order valence-electron chi connectivity index (χ4n) is 3.62. The maximum Gasteiger partial charge on any atom is 0.414 e. The second-order valence-corrected chi connectivity index (χ2v) is 7.80. The summed E-state index contributed by atoms with van der Waals surface area (Å²) >= 11 is 17.2. The number of aromatic nitrogens is 1. The molecule has 1 aliphatic heterocycles. The number of fused-ring (bicyclic) bond motifs is 3. The molecule has 4 rings (SSSR count). The number of aromatic amines is 1. The fraction of sp³-hybridized carbons (Fsp3) is 0.211. The molecule has 2 heterocycles. The monoisotopic (exact) mass is 443 g/mol. The summed E-state index contributed by atoms with van der Waals surface area (Å²) in [5.41, 5.74) is 1.94. The second kappa shape index (κ2) is 7.13. The van der Waals surface area contributed by atoms with Crippen LogP contribution in [0.4, 0.5) is 18.9 Å². The molecule has 0 amide bonds. The lowest BCUT2D eigenvalue weighted by molar-refractivity contribution is -0.178. The van der Waals surface area contributed by atoms with Crippen molar-refractivity contribution >= 4 is 57.1 Å². The van der Waals surface area contributed by atoms with Gasteiger partial charge in [-0.25, -0.2) is 0 Å². The van der Waals surface area contributed by atoms with Crippen molar-refractivity contribution in [3.63, 3.8) is 0 Å². The molecule has 1 aromatic heterocycles. The van der Waals surface area contributed by atoms with Gasteiger partial charge in [-0.15, -0.1) is 0 Å². The van der Waals surface area contributed by atoms with Gasteiger partial charge < -0.3 is 15.2 Å². The normalized spacial score (nSPS) is 16.9. The zero-order valence-corrected chi connectivity index (χ0v) is 16.6. The van der Waals surface area contributed by atoms with Gasteiger partial charge in [0.15, 0.2) is 11.2 Å². The number of rotatable bonds is 1. The van der Waals surface area contributed by atoms with Crippen LogP contribution >= 0.6 is 35.4 Å². The third-order valence-electron chi connectivity index (χ3n) is 4.72. The molecule has 0 unspecified atom stereocenters. The Hall–Kier alpha value is -1.96. The Morgan fingerprint density at radius 3 is 2.50 bits per heavy atom.